The molecule has 0 bridgehead atoms. The van der Waals surface area contributed by atoms with Crippen LogP contribution in [0.25, 0.3) is 44.3 Å². The third-order valence-electron chi connectivity index (χ3n) is 6.58. The van der Waals surface area contributed by atoms with Crippen LogP contribution in [0.1, 0.15) is 11.1 Å². The number of benzene rings is 3. The molecule has 3 aromatic carbocycles. The molecule has 3 N–H and O–H groups in total. The molecule has 34 heavy (non-hydrogen) atoms. The van der Waals surface area contributed by atoms with E-state index in [9.17, 15) is 0 Å². The maximum atomic E-state index is 6.21. The van der Waals surface area contributed by atoms with Gasteiger partial charge in [-0.05, 0) is 23.8 Å². The van der Waals surface area contributed by atoms with Gasteiger partial charge in [-0.15, -0.1) is 0 Å². The molecule has 5 aromatic rings. The number of nitrogens with zero attached hydrogens (tertiary/aromatic N) is 2. The van der Waals surface area contributed by atoms with E-state index in [1.54, 1.807) is 0 Å². The number of amidine groups is 2. The molecule has 2 aliphatic heterocycles. The van der Waals surface area contributed by atoms with E-state index in [2.05, 4.69) is 98.5 Å². The summed E-state index contributed by atoms with van der Waals surface area (Å²) in [5.41, 5.74) is 7.60. The standard InChI is InChI=1S/C28H23N5O/c1-3-18(25-14-19-5-6-21(15-26(19)34-25)28-31-11-12-32-28)4-2-17(1)23-16-33-24-13-20(7-8-22(23)24)27-29-9-10-30-27/h1-8,13-16,33H,9-12H2,(H,29,30)(H,31,32). The highest BCUT2D eigenvalue weighted by Crippen LogP contribution is 2.33. The molecule has 4 heterocycles. The summed E-state index contributed by atoms with van der Waals surface area (Å²) in [6.07, 6.45) is 2.08. The Morgan fingerprint density at radius 1 is 0.676 bits per heavy atom. The van der Waals surface area contributed by atoms with Gasteiger partial charge < -0.3 is 20.0 Å². The third kappa shape index (κ3) is 3.18. The summed E-state index contributed by atoms with van der Waals surface area (Å²) < 4.78 is 6.21. The largest absolute Gasteiger partial charge is 0.456 e. The van der Waals surface area contributed by atoms with E-state index in [0.717, 1.165) is 76.8 Å². The lowest BCUT2D eigenvalue weighted by atomic mass is 10.0. The number of furan rings is 1. The lowest BCUT2D eigenvalue weighted by Gasteiger charge is -2.04. The van der Waals surface area contributed by atoms with Crippen molar-refractivity contribution in [3.63, 3.8) is 0 Å². The Kier molecular flexibility index (Phi) is 4.30. The average Bonchev–Trinajstić information content (AvgIpc) is 3.69. The van der Waals surface area contributed by atoms with Crippen LogP contribution in [0.3, 0.4) is 0 Å². The first-order valence-corrected chi connectivity index (χ1v) is 11.6. The van der Waals surface area contributed by atoms with E-state index >= 15 is 0 Å². The monoisotopic (exact) mass is 445 g/mol. The summed E-state index contributed by atoms with van der Waals surface area (Å²) in [6.45, 7) is 3.48. The van der Waals surface area contributed by atoms with Crippen LogP contribution in [-0.4, -0.2) is 42.8 Å². The molecule has 0 aliphatic carbocycles. The summed E-state index contributed by atoms with van der Waals surface area (Å²) >= 11 is 0. The minimum absolute atomic E-state index is 0.827. The fourth-order valence-electron chi connectivity index (χ4n) is 4.83. The number of hydrogen-bond acceptors (Lipinski definition) is 5. The van der Waals surface area contributed by atoms with Gasteiger partial charge in [-0.2, -0.15) is 0 Å². The van der Waals surface area contributed by atoms with Gasteiger partial charge in [0, 0.05) is 57.8 Å². The Balaban J connectivity index is 1.19. The van der Waals surface area contributed by atoms with Crippen molar-refractivity contribution >= 4 is 33.5 Å². The van der Waals surface area contributed by atoms with E-state index in [1.165, 1.54) is 16.5 Å². The molecule has 2 aliphatic rings. The molecule has 0 atom stereocenters. The van der Waals surface area contributed by atoms with Gasteiger partial charge in [-0.25, -0.2) is 0 Å². The van der Waals surface area contributed by atoms with Crippen molar-refractivity contribution in [2.24, 2.45) is 9.98 Å². The van der Waals surface area contributed by atoms with Gasteiger partial charge in [-0.3, -0.25) is 9.98 Å². The maximum Gasteiger partial charge on any atom is 0.135 e. The smallest absolute Gasteiger partial charge is 0.135 e. The van der Waals surface area contributed by atoms with Crippen LogP contribution in [0.2, 0.25) is 0 Å². The van der Waals surface area contributed by atoms with Gasteiger partial charge in [0.05, 0.1) is 13.1 Å². The van der Waals surface area contributed by atoms with Crippen LogP contribution in [0.5, 0.6) is 0 Å². The Hall–Kier alpha value is -4.32. The Morgan fingerprint density at radius 3 is 2.09 bits per heavy atom. The second kappa shape index (κ2) is 7.63. The number of aromatic amines is 1. The first-order chi connectivity index (χ1) is 16.8. The molecular weight excluding hydrogens is 422 g/mol. The summed E-state index contributed by atoms with van der Waals surface area (Å²) in [5.74, 6) is 2.80. The van der Waals surface area contributed by atoms with Crippen LogP contribution in [-0.2, 0) is 0 Å². The van der Waals surface area contributed by atoms with Gasteiger partial charge in [-0.1, -0.05) is 48.5 Å². The molecule has 0 radical (unpaired) electrons. The lowest BCUT2D eigenvalue weighted by molar-refractivity contribution is 0.631. The Labute approximate surface area is 196 Å². The zero-order valence-corrected chi connectivity index (χ0v) is 18.6. The van der Waals surface area contributed by atoms with Gasteiger partial charge in [0.1, 0.15) is 23.0 Å². The number of nitrogens with one attached hydrogen (secondary N) is 3. The minimum atomic E-state index is 0.827. The van der Waals surface area contributed by atoms with Crippen molar-refractivity contribution in [2.45, 2.75) is 0 Å². The highest BCUT2D eigenvalue weighted by molar-refractivity contribution is 6.05. The van der Waals surface area contributed by atoms with Gasteiger partial charge >= 0.3 is 0 Å². The van der Waals surface area contributed by atoms with E-state index < -0.39 is 0 Å². The lowest BCUT2D eigenvalue weighted by Crippen LogP contribution is -2.19. The highest BCUT2D eigenvalue weighted by Gasteiger charge is 2.14. The van der Waals surface area contributed by atoms with Gasteiger partial charge in [0.25, 0.3) is 0 Å². The number of fused-ring (bicyclic) bond motifs is 2. The molecule has 7 rings (SSSR count). The number of hydrogen-bond donors (Lipinski definition) is 3. The van der Waals surface area contributed by atoms with Crippen molar-refractivity contribution in [1.29, 1.82) is 0 Å². The SMILES string of the molecule is c1cc2c(-c3ccc(-c4cc5ccc(C6=NCCN6)cc5o4)cc3)c[nH]c2cc1C1=NCCN1. The predicted molar refractivity (Wildman–Crippen MR) is 138 cm³/mol. The number of aliphatic imine (C=N–C) groups is 2. The summed E-state index contributed by atoms with van der Waals surface area (Å²) in [6, 6.07) is 23.4. The number of aromatic nitrogens is 1. The van der Waals surface area contributed by atoms with Gasteiger partial charge in [0.2, 0.25) is 0 Å². The summed E-state index contributed by atoms with van der Waals surface area (Å²) in [5, 5.41) is 8.96. The van der Waals surface area contributed by atoms with Crippen LogP contribution in [0, 0.1) is 0 Å². The van der Waals surface area contributed by atoms with Crippen LogP contribution in [0.15, 0.2) is 87.3 Å². The molecular formula is C28H23N5O. The quantitative estimate of drug-likeness (QED) is 0.366. The number of rotatable bonds is 4. The van der Waals surface area contributed by atoms with E-state index in [-0.39, 0.29) is 0 Å². The normalized spacial score (nSPS) is 15.4. The molecule has 0 amide bonds. The molecule has 0 spiro atoms. The van der Waals surface area contributed by atoms with E-state index in [4.69, 9.17) is 4.42 Å². The first-order valence-electron chi connectivity index (χ1n) is 11.6. The van der Waals surface area contributed by atoms with Crippen molar-refractivity contribution in [3.05, 3.63) is 84.1 Å². The molecule has 6 heteroatoms. The van der Waals surface area contributed by atoms with E-state index in [1.807, 2.05) is 0 Å². The van der Waals surface area contributed by atoms with Crippen LogP contribution in [0.4, 0.5) is 0 Å². The van der Waals surface area contributed by atoms with Crippen molar-refractivity contribution in [2.75, 3.05) is 26.2 Å². The molecule has 0 unspecified atom stereocenters. The topological polar surface area (TPSA) is 77.7 Å². The number of H-pyrrole nitrogens is 1. The summed E-state index contributed by atoms with van der Waals surface area (Å²) in [4.78, 5) is 12.5. The van der Waals surface area contributed by atoms with Crippen molar-refractivity contribution in [3.8, 4) is 22.5 Å². The second-order valence-electron chi connectivity index (χ2n) is 8.72. The van der Waals surface area contributed by atoms with Crippen molar-refractivity contribution in [1.82, 2.24) is 15.6 Å². The maximum absolute atomic E-state index is 6.21. The molecule has 0 saturated heterocycles. The third-order valence-corrected chi connectivity index (χ3v) is 6.58. The van der Waals surface area contributed by atoms with Gasteiger partial charge in [0.15, 0.2) is 0 Å². The average molecular weight is 446 g/mol. The minimum Gasteiger partial charge on any atom is -0.456 e. The van der Waals surface area contributed by atoms with E-state index in [0.29, 0.717) is 0 Å². The summed E-state index contributed by atoms with van der Waals surface area (Å²) in [7, 11) is 0. The zero-order chi connectivity index (χ0) is 22.5. The Morgan fingerprint density at radius 2 is 1.35 bits per heavy atom. The van der Waals surface area contributed by atoms with Crippen molar-refractivity contribution < 1.29 is 4.42 Å². The highest BCUT2D eigenvalue weighted by atomic mass is 16.3. The molecule has 0 saturated carbocycles. The molecule has 0 fully saturated rings. The van der Waals surface area contributed by atoms with Crippen LogP contribution < -0.4 is 10.6 Å². The fraction of sp³-hybridized carbons (Fsp3) is 0.143. The fourth-order valence-corrected chi connectivity index (χ4v) is 4.83. The predicted octanol–water partition coefficient (Wildman–Crippen LogP) is 4.95. The molecule has 6 nitrogen and oxygen atoms in total. The first kappa shape index (κ1) is 19.2. The molecule has 166 valence electrons. The zero-order valence-electron chi connectivity index (χ0n) is 18.6. The molecule has 2 aromatic heterocycles. The van der Waals surface area contributed by atoms with Crippen LogP contribution >= 0.6 is 0 Å². The second-order valence-corrected chi connectivity index (χ2v) is 8.72. The Bertz CT molecular complexity index is 1600.